The molecule has 0 aromatic heterocycles. The zero-order valence-electron chi connectivity index (χ0n) is 6.62. The molecule has 0 rings (SSSR count). The largest absolute Gasteiger partial charge is 0.457 e. The van der Waals surface area contributed by atoms with Crippen molar-refractivity contribution in [1.82, 2.24) is 0 Å². The Hall–Kier alpha value is -0.570. The van der Waals surface area contributed by atoms with E-state index in [0.29, 0.717) is 6.92 Å². The van der Waals surface area contributed by atoms with Crippen LogP contribution < -0.4 is 0 Å². The highest BCUT2D eigenvalue weighted by molar-refractivity contribution is 4.78. The van der Waals surface area contributed by atoms with Crippen LogP contribution in [0.4, 0.5) is 30.7 Å². The molecule has 14 heavy (non-hydrogen) atoms. The van der Waals surface area contributed by atoms with Gasteiger partial charge >= 0.3 is 18.5 Å². The van der Waals surface area contributed by atoms with Gasteiger partial charge in [-0.3, -0.25) is 0 Å². The molecule has 0 bridgehead atoms. The summed E-state index contributed by atoms with van der Waals surface area (Å²) < 4.78 is 82.2. The SMILES string of the molecule is CC(F)OOC(F)(C(F)F)C(F)(F)F. The second kappa shape index (κ2) is 4.30. The van der Waals surface area contributed by atoms with Crippen LogP contribution in [0, 0.1) is 0 Å². The van der Waals surface area contributed by atoms with E-state index < -0.39 is 24.8 Å². The minimum atomic E-state index is -6.02. The van der Waals surface area contributed by atoms with Gasteiger partial charge in [-0.1, -0.05) is 0 Å². The third-order valence-corrected chi connectivity index (χ3v) is 0.969. The Morgan fingerprint density at radius 1 is 1.00 bits per heavy atom. The fourth-order valence-corrected chi connectivity index (χ4v) is 0.344. The molecule has 2 nitrogen and oxygen atoms in total. The molecule has 0 aliphatic rings. The van der Waals surface area contributed by atoms with Gasteiger partial charge in [0.25, 0.3) is 0 Å². The predicted octanol–water partition coefficient (Wildman–Crippen LogP) is 2.74. The average Bonchev–Trinajstić information content (AvgIpc) is 1.97. The summed E-state index contributed by atoms with van der Waals surface area (Å²) in [7, 11) is 0. The van der Waals surface area contributed by atoms with Crippen LogP contribution in [-0.2, 0) is 9.78 Å². The highest BCUT2D eigenvalue weighted by Crippen LogP contribution is 2.40. The quantitative estimate of drug-likeness (QED) is 0.420. The van der Waals surface area contributed by atoms with Gasteiger partial charge in [0.15, 0.2) is 0 Å². The molecule has 86 valence electrons. The van der Waals surface area contributed by atoms with Crippen LogP contribution in [0.25, 0.3) is 0 Å². The Bertz CT molecular complexity index is 179. The molecule has 0 aromatic carbocycles. The van der Waals surface area contributed by atoms with Crippen molar-refractivity contribution in [2.24, 2.45) is 0 Å². The van der Waals surface area contributed by atoms with E-state index in [9.17, 15) is 30.7 Å². The van der Waals surface area contributed by atoms with Gasteiger partial charge in [-0.2, -0.15) is 27.3 Å². The summed E-state index contributed by atoms with van der Waals surface area (Å²) in [6.45, 7) is 0.530. The van der Waals surface area contributed by atoms with Crippen LogP contribution in [-0.4, -0.2) is 24.8 Å². The van der Waals surface area contributed by atoms with Gasteiger partial charge in [0.2, 0.25) is 6.36 Å². The molecule has 2 atom stereocenters. The molecule has 2 unspecified atom stereocenters. The first-order valence-corrected chi connectivity index (χ1v) is 3.13. The molecule has 9 heteroatoms. The molecule has 0 aromatic rings. The minimum Gasteiger partial charge on any atom is -0.213 e. The van der Waals surface area contributed by atoms with Crippen LogP contribution in [0.5, 0.6) is 0 Å². The second-order valence-electron chi connectivity index (χ2n) is 2.17. The molecular weight excluding hydrogens is 225 g/mol. The number of hydrogen-bond acceptors (Lipinski definition) is 2. The molecule has 0 aliphatic carbocycles. The highest BCUT2D eigenvalue weighted by atomic mass is 19.4. The molecule has 0 saturated carbocycles. The number of alkyl halides is 7. The lowest BCUT2D eigenvalue weighted by molar-refractivity contribution is -0.503. The van der Waals surface area contributed by atoms with E-state index >= 15 is 0 Å². The maximum Gasteiger partial charge on any atom is 0.457 e. The Balaban J connectivity index is 4.58. The summed E-state index contributed by atoms with van der Waals surface area (Å²) >= 11 is 0. The first-order valence-electron chi connectivity index (χ1n) is 3.13. The fraction of sp³-hybridized carbons (Fsp3) is 1.00. The van der Waals surface area contributed by atoms with Crippen LogP contribution in [0.2, 0.25) is 0 Å². The number of halogens is 7. The number of hydrogen-bond donors (Lipinski definition) is 0. The topological polar surface area (TPSA) is 18.5 Å². The van der Waals surface area contributed by atoms with Crippen LogP contribution >= 0.6 is 0 Å². The van der Waals surface area contributed by atoms with Crippen molar-refractivity contribution in [3.63, 3.8) is 0 Å². The zero-order chi connectivity index (χ0) is 11.6. The van der Waals surface area contributed by atoms with E-state index in [1.54, 1.807) is 0 Å². The van der Waals surface area contributed by atoms with Crippen molar-refractivity contribution in [3.05, 3.63) is 0 Å². The Morgan fingerprint density at radius 3 is 1.64 bits per heavy atom. The molecule has 0 saturated heterocycles. The first kappa shape index (κ1) is 13.4. The molecule has 0 radical (unpaired) electrons. The van der Waals surface area contributed by atoms with Crippen molar-refractivity contribution in [2.75, 3.05) is 0 Å². The Labute approximate surface area is 73.5 Å². The van der Waals surface area contributed by atoms with Crippen LogP contribution in [0.1, 0.15) is 6.92 Å². The van der Waals surface area contributed by atoms with Crippen LogP contribution in [0.3, 0.4) is 0 Å². The third-order valence-electron chi connectivity index (χ3n) is 0.969. The summed E-state index contributed by atoms with van der Waals surface area (Å²) in [5, 5.41) is 0. The van der Waals surface area contributed by atoms with Gasteiger partial charge in [0.1, 0.15) is 0 Å². The normalized spacial score (nSPS) is 19.5. The van der Waals surface area contributed by atoms with Gasteiger partial charge in [0, 0.05) is 0 Å². The van der Waals surface area contributed by atoms with E-state index in [4.69, 9.17) is 0 Å². The van der Waals surface area contributed by atoms with Gasteiger partial charge in [-0.15, -0.1) is 0 Å². The molecule has 0 N–H and O–H groups in total. The number of rotatable bonds is 4. The summed E-state index contributed by atoms with van der Waals surface area (Å²) in [4.78, 5) is 5.75. The van der Waals surface area contributed by atoms with Crippen molar-refractivity contribution < 1.29 is 40.5 Å². The van der Waals surface area contributed by atoms with Crippen LogP contribution in [0.15, 0.2) is 0 Å². The van der Waals surface area contributed by atoms with Crippen molar-refractivity contribution >= 4 is 0 Å². The predicted molar refractivity (Wildman–Crippen MR) is 28.6 cm³/mol. The third kappa shape index (κ3) is 2.98. The first-order chi connectivity index (χ1) is 6.11. The lowest BCUT2D eigenvalue weighted by Gasteiger charge is -2.25. The van der Waals surface area contributed by atoms with E-state index in [1.807, 2.05) is 0 Å². The van der Waals surface area contributed by atoms with Gasteiger partial charge in [-0.25, -0.2) is 13.2 Å². The fourth-order valence-electron chi connectivity index (χ4n) is 0.344. The summed E-state index contributed by atoms with van der Waals surface area (Å²) in [5.74, 6) is -5.33. The summed E-state index contributed by atoms with van der Waals surface area (Å²) in [6.07, 6.45) is -13.0. The van der Waals surface area contributed by atoms with E-state index in [-0.39, 0.29) is 0 Å². The molecular formula is C5H5F7O2. The van der Waals surface area contributed by atoms with E-state index in [2.05, 4.69) is 9.78 Å². The monoisotopic (exact) mass is 230 g/mol. The Kier molecular flexibility index (Phi) is 4.13. The Morgan fingerprint density at radius 2 is 1.43 bits per heavy atom. The van der Waals surface area contributed by atoms with Crippen molar-refractivity contribution in [2.45, 2.75) is 31.7 Å². The van der Waals surface area contributed by atoms with Crippen molar-refractivity contribution in [3.8, 4) is 0 Å². The van der Waals surface area contributed by atoms with E-state index in [0.717, 1.165) is 0 Å². The molecule has 0 aliphatic heterocycles. The van der Waals surface area contributed by atoms with Gasteiger partial charge in [0.05, 0.1) is 0 Å². The molecule has 0 fully saturated rings. The second-order valence-corrected chi connectivity index (χ2v) is 2.17. The van der Waals surface area contributed by atoms with Gasteiger partial charge in [-0.05, 0) is 6.92 Å². The minimum absolute atomic E-state index is 0.530. The lowest BCUT2D eigenvalue weighted by atomic mass is 10.3. The summed E-state index contributed by atoms with van der Waals surface area (Å²) in [5.41, 5.74) is 0. The van der Waals surface area contributed by atoms with Crippen molar-refractivity contribution in [1.29, 1.82) is 0 Å². The van der Waals surface area contributed by atoms with Gasteiger partial charge < -0.3 is 0 Å². The smallest absolute Gasteiger partial charge is 0.213 e. The standard InChI is InChI=1S/C5H5F7O2/c1-2(6)13-14-4(9,3(7)8)5(10,11)12/h2-3H,1H3. The molecule has 0 heterocycles. The molecule has 0 amide bonds. The zero-order valence-corrected chi connectivity index (χ0v) is 6.62. The average molecular weight is 230 g/mol. The highest BCUT2D eigenvalue weighted by Gasteiger charge is 2.66. The summed E-state index contributed by atoms with van der Waals surface area (Å²) in [6, 6.07) is 0. The molecule has 0 spiro atoms. The maximum atomic E-state index is 12.4. The van der Waals surface area contributed by atoms with E-state index in [1.165, 1.54) is 0 Å². The maximum absolute atomic E-state index is 12.4. The lowest BCUT2D eigenvalue weighted by Crippen LogP contribution is -2.50.